The molecule has 19 heavy (non-hydrogen) atoms. The van der Waals surface area contributed by atoms with Gasteiger partial charge in [-0.15, -0.1) is 6.42 Å². The van der Waals surface area contributed by atoms with Gasteiger partial charge in [0.25, 0.3) is 0 Å². The summed E-state index contributed by atoms with van der Waals surface area (Å²) in [5.74, 6) is 4.25. The lowest BCUT2D eigenvalue weighted by molar-refractivity contribution is 0.346. The molecular weight excluding hydrogens is 244 g/mol. The molecular formula is C14H12N2O3. The zero-order valence-corrected chi connectivity index (χ0v) is 10.4. The van der Waals surface area contributed by atoms with E-state index in [9.17, 15) is 0 Å². The number of hydrogen-bond donors (Lipinski definition) is 0. The smallest absolute Gasteiger partial charge is 0.226 e. The predicted molar refractivity (Wildman–Crippen MR) is 69.4 cm³/mol. The van der Waals surface area contributed by atoms with Gasteiger partial charge in [-0.2, -0.15) is 0 Å². The molecule has 2 aromatic rings. The number of ether oxygens (including phenoxy) is 3. The summed E-state index contributed by atoms with van der Waals surface area (Å²) in [6, 6.07) is 8.83. The van der Waals surface area contributed by atoms with Gasteiger partial charge in [0.1, 0.15) is 6.33 Å². The highest BCUT2D eigenvalue weighted by Gasteiger charge is 2.06. The first-order chi connectivity index (χ1) is 9.33. The standard InChI is InChI=1S/C14H12N2O3/c1-3-8-18-13-9-14(16-10-15-13)19-12-7-5-4-6-11(12)17-2/h1,4-7,9-10H,8H2,2H3. The molecule has 0 aliphatic heterocycles. The number of para-hydroxylation sites is 2. The van der Waals surface area contributed by atoms with Crippen molar-refractivity contribution in [3.63, 3.8) is 0 Å². The van der Waals surface area contributed by atoms with Crippen LogP contribution in [0, 0.1) is 12.3 Å². The maximum atomic E-state index is 5.61. The monoisotopic (exact) mass is 256 g/mol. The molecule has 0 amide bonds. The highest BCUT2D eigenvalue weighted by Crippen LogP contribution is 2.30. The van der Waals surface area contributed by atoms with Gasteiger partial charge in [0.2, 0.25) is 11.8 Å². The molecule has 0 N–H and O–H groups in total. The zero-order chi connectivity index (χ0) is 13.5. The molecule has 0 saturated heterocycles. The Bertz CT molecular complexity index is 593. The normalized spacial score (nSPS) is 9.47. The van der Waals surface area contributed by atoms with E-state index < -0.39 is 0 Å². The average Bonchev–Trinajstić information content (AvgIpc) is 2.46. The van der Waals surface area contributed by atoms with Gasteiger partial charge in [-0.1, -0.05) is 18.1 Å². The van der Waals surface area contributed by atoms with E-state index in [0.717, 1.165) is 0 Å². The minimum Gasteiger partial charge on any atom is -0.493 e. The molecule has 5 heteroatoms. The van der Waals surface area contributed by atoms with E-state index in [4.69, 9.17) is 20.6 Å². The fraction of sp³-hybridized carbons (Fsp3) is 0.143. The molecule has 1 aromatic carbocycles. The highest BCUT2D eigenvalue weighted by atomic mass is 16.5. The number of benzene rings is 1. The van der Waals surface area contributed by atoms with Crippen LogP contribution in [0.5, 0.6) is 23.3 Å². The summed E-state index contributed by atoms with van der Waals surface area (Å²) in [5.41, 5.74) is 0. The van der Waals surface area contributed by atoms with Crippen LogP contribution in [0.25, 0.3) is 0 Å². The molecule has 0 fully saturated rings. The van der Waals surface area contributed by atoms with Crippen LogP contribution in [-0.4, -0.2) is 23.7 Å². The summed E-state index contributed by atoms with van der Waals surface area (Å²) in [5, 5.41) is 0. The van der Waals surface area contributed by atoms with Crippen molar-refractivity contribution in [3.05, 3.63) is 36.7 Å². The lowest BCUT2D eigenvalue weighted by Crippen LogP contribution is -1.98. The SMILES string of the molecule is C#CCOc1cc(Oc2ccccc2OC)ncn1. The molecule has 1 heterocycles. The molecule has 0 spiro atoms. The van der Waals surface area contributed by atoms with E-state index in [1.807, 2.05) is 12.1 Å². The number of nitrogens with zero attached hydrogens (tertiary/aromatic N) is 2. The maximum Gasteiger partial charge on any atom is 0.226 e. The van der Waals surface area contributed by atoms with Gasteiger partial charge in [0.15, 0.2) is 18.1 Å². The van der Waals surface area contributed by atoms with Crippen LogP contribution >= 0.6 is 0 Å². The van der Waals surface area contributed by atoms with E-state index >= 15 is 0 Å². The van der Waals surface area contributed by atoms with Crippen molar-refractivity contribution in [2.75, 3.05) is 13.7 Å². The molecule has 0 bridgehead atoms. The maximum absolute atomic E-state index is 5.61. The van der Waals surface area contributed by atoms with E-state index in [1.165, 1.54) is 6.33 Å². The number of rotatable bonds is 5. The van der Waals surface area contributed by atoms with Crippen LogP contribution in [0.15, 0.2) is 36.7 Å². The summed E-state index contributed by atoms with van der Waals surface area (Å²) >= 11 is 0. The Kier molecular flexibility index (Phi) is 4.19. The lowest BCUT2D eigenvalue weighted by atomic mass is 10.3. The Labute approximate surface area is 111 Å². The fourth-order valence-electron chi connectivity index (χ4n) is 1.39. The molecule has 0 unspecified atom stereocenters. The van der Waals surface area contributed by atoms with E-state index in [0.29, 0.717) is 23.3 Å². The number of terminal acetylenes is 1. The lowest BCUT2D eigenvalue weighted by Gasteiger charge is -2.09. The predicted octanol–water partition coefficient (Wildman–Crippen LogP) is 2.29. The molecule has 0 aliphatic carbocycles. The van der Waals surface area contributed by atoms with Crippen LogP contribution in [0.1, 0.15) is 0 Å². The molecule has 5 nitrogen and oxygen atoms in total. The summed E-state index contributed by atoms with van der Waals surface area (Å²) in [4.78, 5) is 7.92. The molecule has 2 rings (SSSR count). The van der Waals surface area contributed by atoms with Crippen LogP contribution < -0.4 is 14.2 Å². The summed E-state index contributed by atoms with van der Waals surface area (Å²) in [6.45, 7) is 0.144. The second kappa shape index (κ2) is 6.26. The number of methoxy groups -OCH3 is 1. The third-order valence-electron chi connectivity index (χ3n) is 2.20. The highest BCUT2D eigenvalue weighted by molar-refractivity contribution is 5.41. The van der Waals surface area contributed by atoms with E-state index in [-0.39, 0.29) is 6.61 Å². The molecule has 1 aromatic heterocycles. The topological polar surface area (TPSA) is 53.5 Å². The second-order valence-corrected chi connectivity index (χ2v) is 3.44. The van der Waals surface area contributed by atoms with Crippen LogP contribution in [0.2, 0.25) is 0 Å². The zero-order valence-electron chi connectivity index (χ0n) is 10.4. The summed E-state index contributed by atoms with van der Waals surface area (Å²) in [7, 11) is 1.57. The van der Waals surface area contributed by atoms with Gasteiger partial charge in [-0.3, -0.25) is 0 Å². The first kappa shape index (κ1) is 12.7. The summed E-state index contributed by atoms with van der Waals surface area (Å²) in [6.07, 6.45) is 6.45. The van der Waals surface area contributed by atoms with Crippen molar-refractivity contribution < 1.29 is 14.2 Å². The van der Waals surface area contributed by atoms with Crippen molar-refractivity contribution in [1.29, 1.82) is 0 Å². The van der Waals surface area contributed by atoms with Crippen LogP contribution in [0.4, 0.5) is 0 Å². The molecule has 0 aliphatic rings. The van der Waals surface area contributed by atoms with Crippen molar-refractivity contribution in [2.45, 2.75) is 0 Å². The van der Waals surface area contributed by atoms with Gasteiger partial charge < -0.3 is 14.2 Å². The molecule has 0 saturated carbocycles. The fourth-order valence-corrected chi connectivity index (χ4v) is 1.39. The Hall–Kier alpha value is -2.74. The quantitative estimate of drug-likeness (QED) is 0.768. The first-order valence-corrected chi connectivity index (χ1v) is 5.52. The molecule has 96 valence electrons. The van der Waals surface area contributed by atoms with Gasteiger partial charge in [-0.05, 0) is 12.1 Å². The minimum atomic E-state index is 0.144. The molecule has 0 radical (unpaired) electrons. The minimum absolute atomic E-state index is 0.144. The van der Waals surface area contributed by atoms with Gasteiger partial charge >= 0.3 is 0 Å². The van der Waals surface area contributed by atoms with Gasteiger partial charge in [0, 0.05) is 0 Å². The van der Waals surface area contributed by atoms with E-state index in [2.05, 4.69) is 15.9 Å². The third kappa shape index (κ3) is 3.36. The first-order valence-electron chi connectivity index (χ1n) is 5.52. The Morgan fingerprint density at radius 1 is 1.16 bits per heavy atom. The van der Waals surface area contributed by atoms with Crippen LogP contribution in [-0.2, 0) is 0 Å². The van der Waals surface area contributed by atoms with Gasteiger partial charge in [0.05, 0.1) is 13.2 Å². The second-order valence-electron chi connectivity index (χ2n) is 3.44. The Morgan fingerprint density at radius 2 is 1.89 bits per heavy atom. The van der Waals surface area contributed by atoms with Crippen molar-refractivity contribution in [3.8, 4) is 35.6 Å². The third-order valence-corrected chi connectivity index (χ3v) is 2.20. The largest absolute Gasteiger partial charge is 0.493 e. The van der Waals surface area contributed by atoms with E-state index in [1.54, 1.807) is 25.3 Å². The Morgan fingerprint density at radius 3 is 2.63 bits per heavy atom. The van der Waals surface area contributed by atoms with Crippen molar-refractivity contribution >= 4 is 0 Å². The number of hydrogen-bond acceptors (Lipinski definition) is 5. The molecule has 0 atom stereocenters. The van der Waals surface area contributed by atoms with Crippen molar-refractivity contribution in [2.24, 2.45) is 0 Å². The summed E-state index contributed by atoms with van der Waals surface area (Å²) < 4.78 is 16.0. The Balaban J connectivity index is 2.17. The van der Waals surface area contributed by atoms with Crippen LogP contribution in [0.3, 0.4) is 0 Å². The van der Waals surface area contributed by atoms with Crippen molar-refractivity contribution in [1.82, 2.24) is 9.97 Å². The average molecular weight is 256 g/mol. The number of aromatic nitrogens is 2. The van der Waals surface area contributed by atoms with Gasteiger partial charge in [-0.25, -0.2) is 9.97 Å².